The van der Waals surface area contributed by atoms with Crippen LogP contribution in [0.5, 0.6) is 0 Å². The molecule has 2 rings (SSSR count). The molecule has 1 aliphatic carbocycles. The number of benzene rings is 1. The third-order valence-electron chi connectivity index (χ3n) is 3.22. The lowest BCUT2D eigenvalue weighted by atomic mass is 9.82. The van der Waals surface area contributed by atoms with Crippen molar-refractivity contribution in [3.05, 3.63) is 34.9 Å². The Morgan fingerprint density at radius 1 is 1.47 bits per heavy atom. The Kier molecular flexibility index (Phi) is 5.90. The van der Waals surface area contributed by atoms with E-state index >= 15 is 0 Å². The molecule has 0 amide bonds. The smallest absolute Gasteiger partial charge is 0.137 e. The molecule has 2 N–H and O–H groups in total. The van der Waals surface area contributed by atoms with Crippen molar-refractivity contribution in [1.29, 1.82) is 0 Å². The fourth-order valence-electron chi connectivity index (χ4n) is 2.50. The second-order valence-electron chi connectivity index (χ2n) is 5.27. The van der Waals surface area contributed by atoms with Crippen molar-refractivity contribution in [2.24, 2.45) is 5.73 Å². The first-order chi connectivity index (χ1) is 8.97. The van der Waals surface area contributed by atoms with E-state index in [1.165, 1.54) is 23.6 Å². The van der Waals surface area contributed by atoms with Gasteiger partial charge in [-0.2, -0.15) is 0 Å². The van der Waals surface area contributed by atoms with E-state index in [1.807, 2.05) is 6.92 Å². The molecule has 0 saturated carbocycles. The Morgan fingerprint density at radius 2 is 2.11 bits per heavy atom. The molecule has 0 heterocycles. The van der Waals surface area contributed by atoms with Gasteiger partial charge in [-0.1, -0.05) is 25.1 Å². The highest BCUT2D eigenvalue weighted by Crippen LogP contribution is 2.30. The van der Waals surface area contributed by atoms with E-state index in [0.717, 1.165) is 12.7 Å². The number of carbonyl (C=O) groups is 2. The summed E-state index contributed by atoms with van der Waals surface area (Å²) >= 11 is 0. The fourth-order valence-corrected chi connectivity index (χ4v) is 2.50. The summed E-state index contributed by atoms with van der Waals surface area (Å²) in [5, 5.41) is 0. The molecule has 1 aliphatic rings. The SMILES string of the molecule is CC(N)Cc1ccc2c(c1)C(C)CC(=O)C2.CC=O. The highest BCUT2D eigenvalue weighted by atomic mass is 16.1. The van der Waals surface area contributed by atoms with Crippen molar-refractivity contribution < 1.29 is 9.59 Å². The van der Waals surface area contributed by atoms with E-state index in [4.69, 9.17) is 10.5 Å². The van der Waals surface area contributed by atoms with E-state index < -0.39 is 0 Å². The number of ketones is 1. The molecule has 1 aromatic rings. The number of carbonyl (C=O) groups excluding carboxylic acids is 2. The zero-order valence-corrected chi connectivity index (χ0v) is 12.0. The van der Waals surface area contributed by atoms with Crippen LogP contribution in [-0.4, -0.2) is 18.1 Å². The van der Waals surface area contributed by atoms with Gasteiger partial charge in [0.05, 0.1) is 0 Å². The van der Waals surface area contributed by atoms with E-state index in [-0.39, 0.29) is 6.04 Å². The Bertz CT molecular complexity index is 452. The molecule has 1 aromatic carbocycles. The van der Waals surface area contributed by atoms with Gasteiger partial charge in [0.2, 0.25) is 0 Å². The van der Waals surface area contributed by atoms with Gasteiger partial charge in [0.15, 0.2) is 0 Å². The van der Waals surface area contributed by atoms with Gasteiger partial charge >= 0.3 is 0 Å². The topological polar surface area (TPSA) is 60.2 Å². The lowest BCUT2D eigenvalue weighted by Gasteiger charge is -2.22. The third kappa shape index (κ3) is 4.60. The second kappa shape index (κ2) is 7.19. The summed E-state index contributed by atoms with van der Waals surface area (Å²) in [5.74, 6) is 0.726. The zero-order valence-electron chi connectivity index (χ0n) is 12.0. The number of nitrogens with two attached hydrogens (primary N) is 1. The molecular weight excluding hydrogens is 238 g/mol. The van der Waals surface area contributed by atoms with E-state index in [1.54, 1.807) is 0 Å². The van der Waals surface area contributed by atoms with Crippen LogP contribution in [0.2, 0.25) is 0 Å². The van der Waals surface area contributed by atoms with Crippen LogP contribution in [0.1, 0.15) is 49.8 Å². The van der Waals surface area contributed by atoms with Crippen molar-refractivity contribution in [3.63, 3.8) is 0 Å². The van der Waals surface area contributed by atoms with Gasteiger partial charge in [0.25, 0.3) is 0 Å². The van der Waals surface area contributed by atoms with E-state index in [9.17, 15) is 4.79 Å². The number of fused-ring (bicyclic) bond motifs is 1. The highest BCUT2D eigenvalue weighted by Gasteiger charge is 2.21. The number of rotatable bonds is 2. The third-order valence-corrected chi connectivity index (χ3v) is 3.22. The molecule has 3 heteroatoms. The van der Waals surface area contributed by atoms with Crippen molar-refractivity contribution in [2.75, 3.05) is 0 Å². The second-order valence-corrected chi connectivity index (χ2v) is 5.27. The van der Waals surface area contributed by atoms with Crippen LogP contribution in [0.3, 0.4) is 0 Å². The van der Waals surface area contributed by atoms with Gasteiger partial charge in [0, 0.05) is 18.9 Å². The first-order valence-electron chi connectivity index (χ1n) is 6.76. The summed E-state index contributed by atoms with van der Waals surface area (Å²) in [4.78, 5) is 20.3. The summed E-state index contributed by atoms with van der Waals surface area (Å²) in [6.45, 7) is 5.60. The van der Waals surface area contributed by atoms with Crippen molar-refractivity contribution in [2.45, 2.75) is 52.0 Å². The molecule has 0 saturated heterocycles. The predicted octanol–water partition coefficient (Wildman–Crippen LogP) is 2.40. The molecule has 3 nitrogen and oxygen atoms in total. The fraction of sp³-hybridized carbons (Fsp3) is 0.500. The van der Waals surface area contributed by atoms with Crippen LogP contribution in [0.15, 0.2) is 18.2 Å². The minimum Gasteiger partial charge on any atom is -0.328 e. The normalized spacial score (nSPS) is 18.9. The maximum Gasteiger partial charge on any atom is 0.137 e. The monoisotopic (exact) mass is 261 g/mol. The van der Waals surface area contributed by atoms with E-state index in [2.05, 4.69) is 25.1 Å². The summed E-state index contributed by atoms with van der Waals surface area (Å²) in [5.41, 5.74) is 9.64. The molecule has 0 bridgehead atoms. The minimum atomic E-state index is 0.193. The number of hydrogen-bond acceptors (Lipinski definition) is 3. The Balaban J connectivity index is 0.000000550. The van der Waals surface area contributed by atoms with Crippen molar-refractivity contribution in [1.82, 2.24) is 0 Å². The number of Topliss-reactive ketones (excluding diaryl/α,β-unsaturated/α-hetero) is 1. The van der Waals surface area contributed by atoms with Crippen molar-refractivity contribution >= 4 is 12.1 Å². The molecule has 2 unspecified atom stereocenters. The van der Waals surface area contributed by atoms with Gasteiger partial charge in [-0.05, 0) is 42.9 Å². The van der Waals surface area contributed by atoms with Gasteiger partial charge in [0.1, 0.15) is 12.1 Å². The summed E-state index contributed by atoms with van der Waals surface area (Å²) in [6, 6.07) is 6.63. The van der Waals surface area contributed by atoms with Gasteiger partial charge in [-0.25, -0.2) is 0 Å². The van der Waals surface area contributed by atoms with Gasteiger partial charge in [-0.15, -0.1) is 0 Å². The predicted molar refractivity (Wildman–Crippen MR) is 77.3 cm³/mol. The van der Waals surface area contributed by atoms with Gasteiger partial charge in [-0.3, -0.25) is 4.79 Å². The largest absolute Gasteiger partial charge is 0.328 e. The average Bonchev–Trinajstić information content (AvgIpc) is 2.30. The summed E-state index contributed by atoms with van der Waals surface area (Å²) < 4.78 is 0. The first-order valence-corrected chi connectivity index (χ1v) is 6.76. The molecule has 0 aliphatic heterocycles. The highest BCUT2D eigenvalue weighted by molar-refractivity contribution is 5.84. The molecule has 0 spiro atoms. The van der Waals surface area contributed by atoms with Crippen LogP contribution in [0.4, 0.5) is 0 Å². The Morgan fingerprint density at radius 3 is 2.68 bits per heavy atom. The molecular formula is C16H23NO2. The number of aldehydes is 1. The average molecular weight is 261 g/mol. The van der Waals surface area contributed by atoms with Gasteiger partial charge < -0.3 is 10.5 Å². The summed E-state index contributed by atoms with van der Waals surface area (Å²) in [6.07, 6.45) is 2.96. The van der Waals surface area contributed by atoms with Crippen LogP contribution < -0.4 is 5.73 Å². The first kappa shape index (κ1) is 15.6. The molecule has 104 valence electrons. The molecule has 2 atom stereocenters. The van der Waals surface area contributed by atoms with E-state index in [0.29, 0.717) is 24.5 Å². The Labute approximate surface area is 115 Å². The molecule has 19 heavy (non-hydrogen) atoms. The van der Waals surface area contributed by atoms with Crippen molar-refractivity contribution in [3.8, 4) is 0 Å². The lowest BCUT2D eigenvalue weighted by Crippen LogP contribution is -2.20. The maximum atomic E-state index is 11.5. The Hall–Kier alpha value is -1.48. The molecule has 0 aromatic heterocycles. The van der Waals surface area contributed by atoms with Crippen LogP contribution in [-0.2, 0) is 22.4 Å². The van der Waals surface area contributed by atoms with Crippen LogP contribution in [0.25, 0.3) is 0 Å². The molecule has 0 radical (unpaired) electrons. The quantitative estimate of drug-likeness (QED) is 0.832. The standard InChI is InChI=1S/C14H19NO.C2H4O/c1-9-5-13(16)8-12-4-3-11(6-10(2)15)7-14(9)12;1-2-3/h3-4,7,9-10H,5-6,8,15H2,1-2H3;2H,1H3. The lowest BCUT2D eigenvalue weighted by molar-refractivity contribution is -0.119. The van der Waals surface area contributed by atoms with Crippen LogP contribution in [0, 0.1) is 0 Å². The van der Waals surface area contributed by atoms with Crippen LogP contribution >= 0.6 is 0 Å². The zero-order chi connectivity index (χ0) is 14.4. The number of hydrogen-bond donors (Lipinski definition) is 1. The maximum absolute atomic E-state index is 11.5. The summed E-state index contributed by atoms with van der Waals surface area (Å²) in [7, 11) is 0. The minimum absolute atomic E-state index is 0.193. The molecule has 0 fully saturated rings.